The molecule has 0 saturated carbocycles. The molecule has 0 aromatic heterocycles. The highest BCUT2D eigenvalue weighted by atomic mass is 32.2. The second-order valence-corrected chi connectivity index (χ2v) is 13.6. The van der Waals surface area contributed by atoms with Gasteiger partial charge in [0.1, 0.15) is 0 Å². The van der Waals surface area contributed by atoms with E-state index in [1.807, 2.05) is 60.7 Å². The predicted octanol–water partition coefficient (Wildman–Crippen LogP) is 1.99. The molecular formula is C20H27NO3SSi. The molecule has 2 aromatic rings. The van der Waals surface area contributed by atoms with Crippen molar-refractivity contribution in [2.24, 2.45) is 0 Å². The highest BCUT2D eigenvalue weighted by Gasteiger charge is 2.49. The average molecular weight is 390 g/mol. The first-order valence-electron chi connectivity index (χ1n) is 9.08. The van der Waals surface area contributed by atoms with E-state index in [1.54, 1.807) is 0 Å². The van der Waals surface area contributed by atoms with Crippen molar-refractivity contribution >= 4 is 28.7 Å². The van der Waals surface area contributed by atoms with E-state index in [2.05, 4.69) is 18.6 Å². The summed E-state index contributed by atoms with van der Waals surface area (Å²) in [6.45, 7) is 4.23. The molecule has 140 valence electrons. The van der Waals surface area contributed by atoms with E-state index in [4.69, 9.17) is 0 Å². The number of nitrogens with one attached hydrogen (secondary N) is 1. The van der Waals surface area contributed by atoms with Gasteiger partial charge in [-0.2, -0.15) is 0 Å². The third kappa shape index (κ3) is 3.78. The van der Waals surface area contributed by atoms with Crippen LogP contribution in [0.4, 0.5) is 0 Å². The van der Waals surface area contributed by atoms with Gasteiger partial charge >= 0.3 is 0 Å². The van der Waals surface area contributed by atoms with Crippen LogP contribution < -0.4 is 15.1 Å². The fraction of sp³-hybridized carbons (Fsp3) is 0.400. The van der Waals surface area contributed by atoms with Crippen molar-refractivity contribution in [2.75, 3.05) is 5.75 Å². The van der Waals surface area contributed by atoms with Gasteiger partial charge in [-0.05, 0) is 34.7 Å². The Morgan fingerprint density at radius 2 is 1.54 bits per heavy atom. The molecule has 0 unspecified atom stereocenters. The van der Waals surface area contributed by atoms with Crippen LogP contribution in [0.1, 0.15) is 33.1 Å². The molecule has 0 bridgehead atoms. The van der Waals surface area contributed by atoms with Crippen LogP contribution in [-0.4, -0.2) is 33.3 Å². The molecule has 2 N–H and O–H groups in total. The van der Waals surface area contributed by atoms with E-state index in [0.29, 0.717) is 6.42 Å². The first-order valence-corrected chi connectivity index (χ1v) is 12.7. The lowest BCUT2D eigenvalue weighted by molar-refractivity contribution is 0.431. The smallest absolute Gasteiger partial charge is 0.258 e. The normalized spacial score (nSPS) is 20.2. The molecule has 1 fully saturated rings. The van der Waals surface area contributed by atoms with Crippen LogP contribution in [0, 0.1) is 0 Å². The van der Waals surface area contributed by atoms with Gasteiger partial charge in [0.05, 0.1) is 5.75 Å². The third-order valence-corrected chi connectivity index (χ3v) is 11.6. The molecule has 0 radical (unpaired) electrons. The summed E-state index contributed by atoms with van der Waals surface area (Å²) >= 11 is 0. The molecule has 1 heterocycles. The summed E-state index contributed by atoms with van der Waals surface area (Å²) in [5.74, 6) is 0.206. The summed E-state index contributed by atoms with van der Waals surface area (Å²) in [7, 11) is -6.12. The van der Waals surface area contributed by atoms with Crippen molar-refractivity contribution in [3.05, 3.63) is 60.7 Å². The van der Waals surface area contributed by atoms with Gasteiger partial charge in [0.15, 0.2) is 0 Å². The van der Waals surface area contributed by atoms with E-state index in [1.165, 1.54) is 0 Å². The third-order valence-electron chi connectivity index (χ3n) is 5.56. The standard InChI is InChI=1S/C20H27NO3SSi/c1-20(2,15-13-17-14-16-25(22,23)21-17)26(24,18-9-5-3-6-10-18)19-11-7-4-8-12-19/h3-12,17,21,24H,13-16H2,1-2H3/t17-/m0/s1. The van der Waals surface area contributed by atoms with Gasteiger partial charge in [0.2, 0.25) is 10.0 Å². The van der Waals surface area contributed by atoms with E-state index in [-0.39, 0.29) is 16.8 Å². The summed E-state index contributed by atoms with van der Waals surface area (Å²) in [6, 6.07) is 19.8. The minimum absolute atomic E-state index is 0.0240. The molecule has 1 aliphatic heterocycles. The number of benzene rings is 2. The Labute approximate surface area is 157 Å². The van der Waals surface area contributed by atoms with Crippen molar-refractivity contribution < 1.29 is 13.2 Å². The van der Waals surface area contributed by atoms with Crippen LogP contribution in [0.25, 0.3) is 0 Å². The SMILES string of the molecule is CC(C)(CC[C@H]1CCS(=O)(=O)N1)[Si](O)(c1ccccc1)c1ccccc1. The Morgan fingerprint density at radius 3 is 1.96 bits per heavy atom. The van der Waals surface area contributed by atoms with Crippen LogP contribution in [-0.2, 0) is 10.0 Å². The van der Waals surface area contributed by atoms with Gasteiger partial charge in [0, 0.05) is 6.04 Å². The number of hydrogen-bond acceptors (Lipinski definition) is 3. The van der Waals surface area contributed by atoms with Crippen LogP contribution in [0.2, 0.25) is 5.04 Å². The summed E-state index contributed by atoms with van der Waals surface area (Å²) in [5, 5.41) is 1.63. The first kappa shape index (κ1) is 19.3. The van der Waals surface area contributed by atoms with Crippen molar-refractivity contribution in [1.29, 1.82) is 0 Å². The van der Waals surface area contributed by atoms with Gasteiger partial charge in [0.25, 0.3) is 8.32 Å². The molecule has 0 aliphatic carbocycles. The quantitative estimate of drug-likeness (QED) is 0.743. The second-order valence-electron chi connectivity index (χ2n) is 7.79. The number of sulfonamides is 1. The number of hydrogen-bond donors (Lipinski definition) is 2. The summed E-state index contributed by atoms with van der Waals surface area (Å²) in [4.78, 5) is 12.1. The predicted molar refractivity (Wildman–Crippen MR) is 109 cm³/mol. The zero-order chi connectivity index (χ0) is 18.8. The Hall–Kier alpha value is -1.47. The van der Waals surface area contributed by atoms with Gasteiger partial charge in [-0.25, -0.2) is 13.1 Å². The average Bonchev–Trinajstić information content (AvgIpc) is 3.00. The molecule has 6 heteroatoms. The van der Waals surface area contributed by atoms with Gasteiger partial charge in [-0.3, -0.25) is 0 Å². The Kier molecular flexibility index (Phi) is 5.39. The van der Waals surface area contributed by atoms with Crippen LogP contribution in [0.5, 0.6) is 0 Å². The van der Waals surface area contributed by atoms with E-state index in [9.17, 15) is 13.2 Å². The monoisotopic (exact) mass is 389 g/mol. The molecule has 2 aromatic carbocycles. The van der Waals surface area contributed by atoms with E-state index < -0.39 is 18.3 Å². The fourth-order valence-corrected chi connectivity index (χ4v) is 9.10. The molecule has 1 aliphatic rings. The van der Waals surface area contributed by atoms with Crippen LogP contribution in [0.15, 0.2) is 60.7 Å². The molecule has 3 rings (SSSR count). The molecule has 4 nitrogen and oxygen atoms in total. The summed E-state index contributed by atoms with van der Waals surface area (Å²) in [6.07, 6.45) is 2.14. The Bertz CT molecular complexity index is 798. The molecule has 26 heavy (non-hydrogen) atoms. The zero-order valence-corrected chi connectivity index (χ0v) is 17.2. The van der Waals surface area contributed by atoms with E-state index in [0.717, 1.165) is 23.2 Å². The highest BCUT2D eigenvalue weighted by molar-refractivity contribution is 7.89. The van der Waals surface area contributed by atoms with Crippen LogP contribution in [0.3, 0.4) is 0 Å². The lowest BCUT2D eigenvalue weighted by Gasteiger charge is -2.41. The summed E-state index contributed by atoms with van der Waals surface area (Å²) in [5.41, 5.74) is 0. The molecular weight excluding hydrogens is 362 g/mol. The first-order chi connectivity index (χ1) is 12.2. The van der Waals surface area contributed by atoms with Gasteiger partial charge in [-0.1, -0.05) is 74.5 Å². The second kappa shape index (κ2) is 7.27. The molecule has 0 spiro atoms. The lowest BCUT2D eigenvalue weighted by Crippen LogP contribution is -2.65. The van der Waals surface area contributed by atoms with Gasteiger partial charge < -0.3 is 4.80 Å². The van der Waals surface area contributed by atoms with Crippen molar-refractivity contribution in [2.45, 2.75) is 44.2 Å². The fourth-order valence-electron chi connectivity index (χ4n) is 3.90. The Balaban J connectivity index is 1.91. The minimum atomic E-state index is -3.10. The molecule has 1 saturated heterocycles. The van der Waals surface area contributed by atoms with Crippen molar-refractivity contribution in [1.82, 2.24) is 4.72 Å². The van der Waals surface area contributed by atoms with Crippen molar-refractivity contribution in [3.63, 3.8) is 0 Å². The van der Waals surface area contributed by atoms with Crippen molar-refractivity contribution in [3.8, 4) is 0 Å². The maximum absolute atomic E-state index is 12.1. The highest BCUT2D eigenvalue weighted by Crippen LogP contribution is 2.40. The lowest BCUT2D eigenvalue weighted by atomic mass is 10.0. The zero-order valence-electron chi connectivity index (χ0n) is 15.4. The topological polar surface area (TPSA) is 66.4 Å². The Morgan fingerprint density at radius 1 is 1.04 bits per heavy atom. The maximum atomic E-state index is 12.1. The van der Waals surface area contributed by atoms with Gasteiger partial charge in [-0.15, -0.1) is 0 Å². The van der Waals surface area contributed by atoms with E-state index >= 15 is 0 Å². The largest absolute Gasteiger partial charge is 0.424 e. The maximum Gasteiger partial charge on any atom is 0.258 e. The summed E-state index contributed by atoms with van der Waals surface area (Å²) < 4.78 is 26.0. The van der Waals surface area contributed by atoms with Crippen LogP contribution >= 0.6 is 0 Å². The molecule has 0 amide bonds. The molecule has 1 atom stereocenters. The number of rotatable bonds is 6. The minimum Gasteiger partial charge on any atom is -0.424 e.